The molecular weight excluding hydrogens is 300 g/mol. The Morgan fingerprint density at radius 1 is 1.25 bits per heavy atom. The van der Waals surface area contributed by atoms with Gasteiger partial charge in [-0.3, -0.25) is 4.99 Å². The Bertz CT molecular complexity index is 509. The highest BCUT2D eigenvalue weighted by Gasteiger charge is 2.12. The second-order valence-corrected chi connectivity index (χ2v) is 6.79. The van der Waals surface area contributed by atoms with E-state index in [1.54, 1.807) is 0 Å². The summed E-state index contributed by atoms with van der Waals surface area (Å²) in [6, 6.07) is 4.23. The molecule has 1 aromatic rings. The van der Waals surface area contributed by atoms with Gasteiger partial charge in [0.25, 0.3) is 0 Å². The van der Waals surface area contributed by atoms with Crippen LogP contribution in [0.1, 0.15) is 18.5 Å². The van der Waals surface area contributed by atoms with E-state index in [2.05, 4.69) is 69.0 Å². The van der Waals surface area contributed by atoms with E-state index < -0.39 is 0 Å². The molecule has 0 aromatic carbocycles. The van der Waals surface area contributed by atoms with Crippen molar-refractivity contribution in [2.45, 2.75) is 19.4 Å². The molecule has 1 fully saturated rings. The van der Waals surface area contributed by atoms with Crippen LogP contribution in [-0.4, -0.2) is 85.6 Å². The predicted molar refractivity (Wildman–Crippen MR) is 101 cm³/mol. The van der Waals surface area contributed by atoms with E-state index >= 15 is 0 Å². The lowest BCUT2D eigenvalue weighted by atomic mass is 10.3. The van der Waals surface area contributed by atoms with Gasteiger partial charge in [-0.15, -0.1) is 0 Å². The summed E-state index contributed by atoms with van der Waals surface area (Å²) in [5.74, 6) is 0.965. The molecule has 0 atom stereocenters. The molecule has 6 nitrogen and oxygen atoms in total. The largest absolute Gasteiger partial charge is 0.356 e. The van der Waals surface area contributed by atoms with Gasteiger partial charge in [0.15, 0.2) is 5.96 Å². The van der Waals surface area contributed by atoms with Crippen LogP contribution in [0.4, 0.5) is 0 Å². The van der Waals surface area contributed by atoms with E-state index in [0.29, 0.717) is 0 Å². The Kier molecular flexibility index (Phi) is 7.59. The fourth-order valence-corrected chi connectivity index (χ4v) is 3.19. The zero-order chi connectivity index (χ0) is 17.4. The number of nitrogens with zero attached hydrogens (tertiary/aromatic N) is 5. The summed E-state index contributed by atoms with van der Waals surface area (Å²) in [6.45, 7) is 7.84. The molecule has 0 radical (unpaired) electrons. The molecule has 0 spiro atoms. The number of nitrogens with one attached hydrogen (secondary N) is 1. The first-order valence-electron chi connectivity index (χ1n) is 9.03. The van der Waals surface area contributed by atoms with Crippen LogP contribution in [0, 0.1) is 0 Å². The van der Waals surface area contributed by atoms with Crippen molar-refractivity contribution in [2.24, 2.45) is 12.0 Å². The number of aliphatic imine (C=N–C) groups is 1. The summed E-state index contributed by atoms with van der Waals surface area (Å²) < 4.78 is 2.15. The standard InChI is InChI=1S/C18H34N6/c1-19-18(23(4)16-17-8-5-11-22(17)3)20-9-6-12-24-13-7-10-21(2)14-15-24/h5,8,11H,6-7,9-10,12-16H2,1-4H3,(H,19,20). The van der Waals surface area contributed by atoms with Gasteiger partial charge in [-0.25, -0.2) is 0 Å². The number of guanidine groups is 1. The highest BCUT2D eigenvalue weighted by Crippen LogP contribution is 2.04. The van der Waals surface area contributed by atoms with Crippen molar-refractivity contribution in [3.63, 3.8) is 0 Å². The van der Waals surface area contributed by atoms with Crippen molar-refractivity contribution in [3.05, 3.63) is 24.0 Å². The highest BCUT2D eigenvalue weighted by molar-refractivity contribution is 5.79. The lowest BCUT2D eigenvalue weighted by molar-refractivity contribution is 0.273. The summed E-state index contributed by atoms with van der Waals surface area (Å²) in [6.07, 6.45) is 4.52. The molecule has 1 aliphatic heterocycles. The second-order valence-electron chi connectivity index (χ2n) is 6.79. The average Bonchev–Trinajstić information content (AvgIpc) is 2.84. The Balaban J connectivity index is 1.68. The Labute approximate surface area is 147 Å². The first kappa shape index (κ1) is 18.8. The van der Waals surface area contributed by atoms with Gasteiger partial charge in [0.1, 0.15) is 0 Å². The van der Waals surface area contributed by atoms with Gasteiger partial charge in [-0.05, 0) is 51.7 Å². The molecule has 136 valence electrons. The highest BCUT2D eigenvalue weighted by atomic mass is 15.3. The molecule has 0 aliphatic carbocycles. The first-order valence-corrected chi connectivity index (χ1v) is 9.03. The third-order valence-electron chi connectivity index (χ3n) is 4.77. The van der Waals surface area contributed by atoms with Gasteiger partial charge in [0.2, 0.25) is 0 Å². The molecule has 0 unspecified atom stereocenters. The van der Waals surface area contributed by atoms with E-state index in [4.69, 9.17) is 0 Å². The number of rotatable bonds is 6. The number of aryl methyl sites for hydroxylation is 1. The Morgan fingerprint density at radius 3 is 2.79 bits per heavy atom. The maximum absolute atomic E-state index is 4.41. The molecule has 1 aliphatic rings. The molecule has 0 saturated carbocycles. The monoisotopic (exact) mass is 334 g/mol. The van der Waals surface area contributed by atoms with Gasteiger partial charge in [-0.2, -0.15) is 0 Å². The zero-order valence-corrected chi connectivity index (χ0v) is 15.8. The van der Waals surface area contributed by atoms with Gasteiger partial charge in [0.05, 0.1) is 6.54 Å². The second kappa shape index (κ2) is 9.69. The fourth-order valence-electron chi connectivity index (χ4n) is 3.19. The van der Waals surface area contributed by atoms with Crippen LogP contribution < -0.4 is 5.32 Å². The molecular formula is C18H34N6. The van der Waals surface area contributed by atoms with Crippen molar-refractivity contribution in [1.82, 2.24) is 24.6 Å². The first-order chi connectivity index (χ1) is 11.6. The fraction of sp³-hybridized carbons (Fsp3) is 0.722. The summed E-state index contributed by atoms with van der Waals surface area (Å²) in [5.41, 5.74) is 1.29. The normalized spacial score (nSPS) is 17.8. The number of hydrogen-bond acceptors (Lipinski definition) is 3. The van der Waals surface area contributed by atoms with Gasteiger partial charge < -0.3 is 24.6 Å². The maximum atomic E-state index is 4.41. The third kappa shape index (κ3) is 5.83. The van der Waals surface area contributed by atoms with Gasteiger partial charge in [0, 0.05) is 52.7 Å². The van der Waals surface area contributed by atoms with Crippen molar-refractivity contribution in [1.29, 1.82) is 0 Å². The summed E-state index contributed by atoms with van der Waals surface area (Å²) >= 11 is 0. The minimum Gasteiger partial charge on any atom is -0.356 e. The van der Waals surface area contributed by atoms with Crippen molar-refractivity contribution in [2.75, 3.05) is 60.4 Å². The minimum absolute atomic E-state index is 0.863. The van der Waals surface area contributed by atoms with E-state index in [1.807, 2.05) is 7.05 Å². The van der Waals surface area contributed by atoms with Crippen LogP contribution in [0.3, 0.4) is 0 Å². The quantitative estimate of drug-likeness (QED) is 0.480. The Hall–Kier alpha value is -1.53. The Morgan fingerprint density at radius 2 is 2.08 bits per heavy atom. The molecule has 0 bridgehead atoms. The number of aromatic nitrogens is 1. The minimum atomic E-state index is 0.863. The van der Waals surface area contributed by atoms with Crippen LogP contribution >= 0.6 is 0 Å². The third-order valence-corrected chi connectivity index (χ3v) is 4.77. The molecule has 2 heterocycles. The number of likely N-dealkylation sites (N-methyl/N-ethyl adjacent to an activating group) is 1. The van der Waals surface area contributed by atoms with E-state index in [0.717, 1.165) is 25.5 Å². The summed E-state index contributed by atoms with van der Waals surface area (Å²) in [4.78, 5) is 11.6. The van der Waals surface area contributed by atoms with Crippen LogP contribution in [0.2, 0.25) is 0 Å². The van der Waals surface area contributed by atoms with E-state index in [1.165, 1.54) is 44.8 Å². The van der Waals surface area contributed by atoms with Crippen LogP contribution in [0.15, 0.2) is 23.3 Å². The maximum Gasteiger partial charge on any atom is 0.193 e. The molecule has 6 heteroatoms. The lowest BCUT2D eigenvalue weighted by Gasteiger charge is -2.23. The molecule has 1 N–H and O–H groups in total. The smallest absolute Gasteiger partial charge is 0.193 e. The molecule has 24 heavy (non-hydrogen) atoms. The predicted octanol–water partition coefficient (Wildman–Crippen LogP) is 1.06. The SMILES string of the molecule is CN=C(NCCCN1CCCN(C)CC1)N(C)Cc1cccn1C. The van der Waals surface area contributed by atoms with E-state index in [-0.39, 0.29) is 0 Å². The summed E-state index contributed by atoms with van der Waals surface area (Å²) in [7, 11) is 8.25. The van der Waals surface area contributed by atoms with Crippen LogP contribution in [0.25, 0.3) is 0 Å². The van der Waals surface area contributed by atoms with Crippen molar-refractivity contribution < 1.29 is 0 Å². The van der Waals surface area contributed by atoms with Crippen molar-refractivity contribution >= 4 is 5.96 Å². The zero-order valence-electron chi connectivity index (χ0n) is 15.8. The molecule has 1 aromatic heterocycles. The lowest BCUT2D eigenvalue weighted by Crippen LogP contribution is -2.40. The molecule has 1 saturated heterocycles. The van der Waals surface area contributed by atoms with Crippen LogP contribution in [0.5, 0.6) is 0 Å². The summed E-state index contributed by atoms with van der Waals surface area (Å²) in [5, 5.41) is 3.49. The van der Waals surface area contributed by atoms with E-state index in [9.17, 15) is 0 Å². The average molecular weight is 335 g/mol. The molecule has 0 amide bonds. The molecule has 2 rings (SSSR count). The van der Waals surface area contributed by atoms with Crippen LogP contribution in [-0.2, 0) is 13.6 Å². The van der Waals surface area contributed by atoms with Gasteiger partial charge >= 0.3 is 0 Å². The van der Waals surface area contributed by atoms with Crippen molar-refractivity contribution in [3.8, 4) is 0 Å². The number of hydrogen-bond donors (Lipinski definition) is 1. The topological polar surface area (TPSA) is 39.0 Å². The van der Waals surface area contributed by atoms with Gasteiger partial charge in [-0.1, -0.05) is 0 Å².